The van der Waals surface area contributed by atoms with E-state index in [1.807, 2.05) is 13.8 Å². The van der Waals surface area contributed by atoms with Gasteiger partial charge in [0.1, 0.15) is 11.3 Å². The van der Waals surface area contributed by atoms with Gasteiger partial charge >= 0.3 is 0 Å². The second kappa shape index (κ2) is 4.34. The quantitative estimate of drug-likeness (QED) is 0.902. The average Bonchev–Trinajstić information content (AvgIpc) is 2.72. The Hall–Kier alpha value is -1.32. The lowest BCUT2D eigenvalue weighted by molar-refractivity contribution is -0.0119. The van der Waals surface area contributed by atoms with E-state index in [9.17, 15) is 4.79 Å². The fraction of sp³-hybridized carbons (Fsp3) is 0.750. The van der Waals surface area contributed by atoms with Gasteiger partial charge in [0.25, 0.3) is 5.91 Å². The smallest absolute Gasteiger partial charge is 0.257 e. The molecule has 5 rings (SSSR count). The van der Waals surface area contributed by atoms with E-state index in [2.05, 4.69) is 10.5 Å². The van der Waals surface area contributed by atoms with Crippen LogP contribution in [0.15, 0.2) is 4.52 Å². The molecule has 4 heteroatoms. The van der Waals surface area contributed by atoms with E-state index in [1.165, 1.54) is 32.1 Å². The minimum atomic E-state index is 0.0127. The Morgan fingerprint density at radius 1 is 1.10 bits per heavy atom. The van der Waals surface area contributed by atoms with Gasteiger partial charge in [0, 0.05) is 6.04 Å². The maximum absolute atomic E-state index is 12.5. The molecule has 4 bridgehead atoms. The molecule has 0 radical (unpaired) electrons. The Labute approximate surface area is 119 Å². The average molecular weight is 274 g/mol. The van der Waals surface area contributed by atoms with Crippen LogP contribution in [-0.4, -0.2) is 17.1 Å². The number of carbonyl (C=O) groups excluding carboxylic acids is 1. The molecular formula is C16H22N2O2. The van der Waals surface area contributed by atoms with E-state index in [0.29, 0.717) is 34.9 Å². The maximum Gasteiger partial charge on any atom is 0.257 e. The summed E-state index contributed by atoms with van der Waals surface area (Å²) in [6, 6.07) is 0.379. The number of aryl methyl sites for hydroxylation is 2. The highest BCUT2D eigenvalue weighted by molar-refractivity contribution is 5.96. The normalized spacial score (nSPS) is 38.2. The summed E-state index contributed by atoms with van der Waals surface area (Å²) in [7, 11) is 0. The Morgan fingerprint density at radius 3 is 2.20 bits per heavy atom. The maximum atomic E-state index is 12.5. The predicted molar refractivity (Wildman–Crippen MR) is 74.3 cm³/mol. The van der Waals surface area contributed by atoms with Crippen molar-refractivity contribution in [2.75, 3.05) is 0 Å². The molecule has 0 spiro atoms. The lowest BCUT2D eigenvalue weighted by Crippen LogP contribution is -2.55. The van der Waals surface area contributed by atoms with Crippen LogP contribution in [0.25, 0.3) is 0 Å². The highest BCUT2D eigenvalue weighted by Gasteiger charge is 2.48. The van der Waals surface area contributed by atoms with Crippen molar-refractivity contribution < 1.29 is 9.32 Å². The van der Waals surface area contributed by atoms with Gasteiger partial charge in [0.2, 0.25) is 0 Å². The Bertz CT molecular complexity index is 501. The Balaban J connectivity index is 1.53. The molecule has 1 amide bonds. The third kappa shape index (κ3) is 1.80. The van der Waals surface area contributed by atoms with E-state index in [4.69, 9.17) is 4.52 Å². The molecule has 1 N–H and O–H groups in total. The number of amides is 1. The van der Waals surface area contributed by atoms with Gasteiger partial charge in [0.15, 0.2) is 0 Å². The van der Waals surface area contributed by atoms with Crippen LogP contribution in [0, 0.1) is 37.5 Å². The van der Waals surface area contributed by atoms with Crippen LogP contribution in [0.4, 0.5) is 0 Å². The zero-order valence-electron chi connectivity index (χ0n) is 12.2. The molecule has 0 aromatic carbocycles. The lowest BCUT2D eigenvalue weighted by atomic mass is 9.54. The fourth-order valence-corrected chi connectivity index (χ4v) is 5.19. The number of hydrogen-bond acceptors (Lipinski definition) is 3. The summed E-state index contributed by atoms with van der Waals surface area (Å²) in [6.07, 6.45) is 6.72. The van der Waals surface area contributed by atoms with Crippen LogP contribution >= 0.6 is 0 Å². The number of rotatable bonds is 2. The summed E-state index contributed by atoms with van der Waals surface area (Å²) in [5.74, 6) is 3.92. The summed E-state index contributed by atoms with van der Waals surface area (Å²) in [5.41, 5.74) is 1.34. The first-order valence-electron chi connectivity index (χ1n) is 7.85. The van der Waals surface area contributed by atoms with E-state index < -0.39 is 0 Å². The van der Waals surface area contributed by atoms with Crippen LogP contribution in [0.3, 0.4) is 0 Å². The summed E-state index contributed by atoms with van der Waals surface area (Å²) in [4.78, 5) is 12.5. The molecule has 4 fully saturated rings. The molecule has 0 aliphatic heterocycles. The third-order valence-electron chi connectivity index (χ3n) is 5.78. The fourth-order valence-electron chi connectivity index (χ4n) is 5.19. The molecule has 1 aromatic heterocycles. The number of carbonyl (C=O) groups is 1. The third-order valence-corrected chi connectivity index (χ3v) is 5.78. The summed E-state index contributed by atoms with van der Waals surface area (Å²) >= 11 is 0. The van der Waals surface area contributed by atoms with Crippen molar-refractivity contribution in [1.29, 1.82) is 0 Å². The first-order chi connectivity index (χ1) is 9.61. The van der Waals surface area contributed by atoms with Crippen LogP contribution in [0.5, 0.6) is 0 Å². The van der Waals surface area contributed by atoms with E-state index in [-0.39, 0.29) is 5.91 Å². The standard InChI is InChI=1S/C16H22N2O2/c1-8-14(9(2)20-18-8)16(19)17-15-12-4-10-3-11(6-12)7-13(15)5-10/h10-13,15H,3-7H2,1-2H3,(H,17,19). The van der Waals surface area contributed by atoms with Crippen molar-refractivity contribution in [2.45, 2.75) is 52.0 Å². The van der Waals surface area contributed by atoms with Crippen LogP contribution in [-0.2, 0) is 0 Å². The number of hydrogen-bond donors (Lipinski definition) is 1. The second-order valence-electron chi connectivity index (χ2n) is 7.13. The number of nitrogens with one attached hydrogen (secondary N) is 1. The topological polar surface area (TPSA) is 55.1 Å². The first-order valence-corrected chi connectivity index (χ1v) is 7.85. The monoisotopic (exact) mass is 274 g/mol. The summed E-state index contributed by atoms with van der Waals surface area (Å²) in [6.45, 7) is 3.65. The highest BCUT2D eigenvalue weighted by Crippen LogP contribution is 2.53. The SMILES string of the molecule is Cc1noc(C)c1C(=O)NC1C2CC3CC(C2)CC1C3. The van der Waals surface area contributed by atoms with Crippen LogP contribution in [0.1, 0.15) is 53.9 Å². The number of nitrogens with zero attached hydrogens (tertiary/aromatic N) is 1. The second-order valence-corrected chi connectivity index (χ2v) is 7.13. The molecule has 4 aliphatic rings. The Kier molecular flexibility index (Phi) is 2.69. The molecule has 1 heterocycles. The molecule has 1 aromatic rings. The molecule has 0 atom stereocenters. The van der Waals surface area contributed by atoms with Crippen molar-refractivity contribution >= 4 is 5.91 Å². The van der Waals surface area contributed by atoms with E-state index in [1.54, 1.807) is 0 Å². The molecule has 0 saturated heterocycles. The minimum absolute atomic E-state index is 0.0127. The van der Waals surface area contributed by atoms with E-state index in [0.717, 1.165) is 11.8 Å². The minimum Gasteiger partial charge on any atom is -0.361 e. The van der Waals surface area contributed by atoms with Gasteiger partial charge in [-0.3, -0.25) is 4.79 Å². The van der Waals surface area contributed by atoms with Crippen molar-refractivity contribution in [2.24, 2.45) is 23.7 Å². The Morgan fingerprint density at radius 2 is 1.70 bits per heavy atom. The van der Waals surface area contributed by atoms with Gasteiger partial charge in [-0.1, -0.05) is 5.16 Å². The van der Waals surface area contributed by atoms with Crippen molar-refractivity contribution in [3.05, 3.63) is 17.0 Å². The van der Waals surface area contributed by atoms with Crippen molar-refractivity contribution in [3.8, 4) is 0 Å². The van der Waals surface area contributed by atoms with Crippen molar-refractivity contribution in [1.82, 2.24) is 10.5 Å². The molecule has 0 unspecified atom stereocenters. The van der Waals surface area contributed by atoms with E-state index >= 15 is 0 Å². The highest BCUT2D eigenvalue weighted by atomic mass is 16.5. The summed E-state index contributed by atoms with van der Waals surface area (Å²) in [5, 5.41) is 7.19. The van der Waals surface area contributed by atoms with Gasteiger partial charge < -0.3 is 9.84 Å². The van der Waals surface area contributed by atoms with Crippen molar-refractivity contribution in [3.63, 3.8) is 0 Å². The van der Waals surface area contributed by atoms with Gasteiger partial charge in [-0.15, -0.1) is 0 Å². The predicted octanol–water partition coefficient (Wildman–Crippen LogP) is 2.85. The number of aromatic nitrogens is 1. The van der Waals surface area contributed by atoms with Crippen LogP contribution < -0.4 is 5.32 Å². The molecule has 4 aliphatic carbocycles. The zero-order chi connectivity index (χ0) is 13.9. The molecular weight excluding hydrogens is 252 g/mol. The lowest BCUT2D eigenvalue weighted by Gasteiger charge is -2.54. The first kappa shape index (κ1) is 12.4. The van der Waals surface area contributed by atoms with Crippen LogP contribution in [0.2, 0.25) is 0 Å². The largest absolute Gasteiger partial charge is 0.361 e. The van der Waals surface area contributed by atoms with Gasteiger partial charge in [-0.05, 0) is 69.6 Å². The zero-order valence-corrected chi connectivity index (χ0v) is 12.2. The molecule has 20 heavy (non-hydrogen) atoms. The van der Waals surface area contributed by atoms with Gasteiger partial charge in [0.05, 0.1) is 5.69 Å². The molecule has 4 nitrogen and oxygen atoms in total. The van der Waals surface area contributed by atoms with Gasteiger partial charge in [-0.25, -0.2) is 0 Å². The van der Waals surface area contributed by atoms with Gasteiger partial charge in [-0.2, -0.15) is 0 Å². The molecule has 108 valence electrons. The molecule has 4 saturated carbocycles. The summed E-state index contributed by atoms with van der Waals surface area (Å²) < 4.78 is 5.11.